The fourth-order valence-electron chi connectivity index (χ4n) is 5.45. The molecule has 4 N–H and O–H groups in total. The summed E-state index contributed by atoms with van der Waals surface area (Å²) in [4.78, 5) is 5.18. The third kappa shape index (κ3) is 7.02. The Balaban J connectivity index is 0. The highest BCUT2D eigenvalue weighted by atomic mass is 35.5. The quantitative estimate of drug-likeness (QED) is 0.629. The smallest absolute Gasteiger partial charge is 0.0120 e. The number of hydrogen-bond donors (Lipinski definition) is 2. The standard InChI is InChI=1S/2C10H20N2.4ClH/c2*1-7(2)12-5-8-3-4-9(6-12)10(8)11;;;;/h2*7-10H,3-6,11H2,1-2H3;4*1H/t2*8-,9+,10?;;;;. The highest BCUT2D eigenvalue weighted by molar-refractivity contribution is 5.86. The number of nitrogens with zero attached hydrogens (tertiary/aromatic N) is 2. The maximum atomic E-state index is 6.12. The van der Waals surface area contributed by atoms with Crippen LogP contribution in [0.15, 0.2) is 0 Å². The van der Waals surface area contributed by atoms with Crippen LogP contribution < -0.4 is 11.5 Å². The molecule has 4 bridgehead atoms. The summed E-state index contributed by atoms with van der Waals surface area (Å²) in [5.74, 6) is 3.19. The van der Waals surface area contributed by atoms with Gasteiger partial charge in [0.1, 0.15) is 0 Å². The van der Waals surface area contributed by atoms with Gasteiger partial charge in [0.15, 0.2) is 0 Å². The van der Waals surface area contributed by atoms with E-state index in [2.05, 4.69) is 37.5 Å². The Morgan fingerprint density at radius 3 is 0.929 bits per heavy atom. The second-order valence-corrected chi connectivity index (χ2v) is 9.45. The van der Waals surface area contributed by atoms with Crippen molar-refractivity contribution in [1.82, 2.24) is 9.80 Å². The predicted octanol–water partition coefficient (Wildman–Crippen LogP) is 3.82. The SMILES string of the molecule is CC(C)N1C[C@H]2CC[C@@H](C1)C2N.CC(C)N1C[C@H]2CC[C@@H](C1)C2N.Cl.Cl.Cl.Cl. The lowest BCUT2D eigenvalue weighted by atomic mass is 9.92. The molecule has 172 valence electrons. The van der Waals surface area contributed by atoms with E-state index in [-0.39, 0.29) is 49.6 Å². The minimum atomic E-state index is 0. The Morgan fingerprint density at radius 2 is 0.750 bits per heavy atom. The molecule has 0 aromatic carbocycles. The molecule has 2 aliphatic carbocycles. The molecule has 0 aromatic rings. The summed E-state index contributed by atoms with van der Waals surface area (Å²) >= 11 is 0. The molecule has 0 spiro atoms. The normalized spacial score (nSPS) is 36.4. The van der Waals surface area contributed by atoms with Crippen molar-refractivity contribution in [3.05, 3.63) is 0 Å². The first-order chi connectivity index (χ1) is 11.4. The van der Waals surface area contributed by atoms with E-state index in [4.69, 9.17) is 11.5 Å². The van der Waals surface area contributed by atoms with Crippen molar-refractivity contribution in [2.75, 3.05) is 26.2 Å². The second-order valence-electron chi connectivity index (χ2n) is 9.45. The molecule has 2 heterocycles. The maximum Gasteiger partial charge on any atom is 0.0120 e. The van der Waals surface area contributed by atoms with Crippen molar-refractivity contribution in [3.63, 3.8) is 0 Å². The van der Waals surface area contributed by atoms with E-state index >= 15 is 0 Å². The Labute approximate surface area is 197 Å². The van der Waals surface area contributed by atoms with Gasteiger partial charge in [0, 0.05) is 50.3 Å². The molecular weight excluding hydrogens is 438 g/mol. The van der Waals surface area contributed by atoms with Gasteiger partial charge in [-0.15, -0.1) is 49.6 Å². The van der Waals surface area contributed by atoms with Gasteiger partial charge in [0.25, 0.3) is 0 Å². The summed E-state index contributed by atoms with van der Waals surface area (Å²) in [6, 6.07) is 2.45. The van der Waals surface area contributed by atoms with Crippen LogP contribution in [0.2, 0.25) is 0 Å². The molecule has 4 nitrogen and oxygen atoms in total. The van der Waals surface area contributed by atoms with Gasteiger partial charge in [-0.25, -0.2) is 0 Å². The third-order valence-electron chi connectivity index (χ3n) is 7.33. The lowest BCUT2D eigenvalue weighted by Gasteiger charge is -2.38. The molecule has 2 saturated carbocycles. The van der Waals surface area contributed by atoms with Crippen molar-refractivity contribution in [2.45, 2.75) is 77.5 Å². The molecule has 4 fully saturated rings. The van der Waals surface area contributed by atoms with Crippen LogP contribution in [0.25, 0.3) is 0 Å². The Kier molecular flexibility index (Phi) is 14.9. The van der Waals surface area contributed by atoms with Gasteiger partial charge < -0.3 is 21.3 Å². The van der Waals surface area contributed by atoms with Crippen LogP contribution in [0.1, 0.15) is 53.4 Å². The van der Waals surface area contributed by atoms with Crippen LogP contribution in [0.4, 0.5) is 0 Å². The van der Waals surface area contributed by atoms with Crippen molar-refractivity contribution in [2.24, 2.45) is 35.1 Å². The van der Waals surface area contributed by atoms with Crippen LogP contribution >= 0.6 is 49.6 Å². The fourth-order valence-corrected chi connectivity index (χ4v) is 5.45. The van der Waals surface area contributed by atoms with Crippen molar-refractivity contribution < 1.29 is 0 Å². The number of halogens is 4. The summed E-state index contributed by atoms with van der Waals surface area (Å²) in [6.07, 6.45) is 5.48. The first-order valence-electron chi connectivity index (χ1n) is 10.4. The molecule has 0 amide bonds. The van der Waals surface area contributed by atoms with Crippen LogP contribution in [0, 0.1) is 23.7 Å². The highest BCUT2D eigenvalue weighted by Gasteiger charge is 2.41. The van der Waals surface area contributed by atoms with Gasteiger partial charge in [-0.05, 0) is 77.0 Å². The molecule has 6 atom stereocenters. The number of hydrogen-bond acceptors (Lipinski definition) is 4. The average molecular weight is 482 g/mol. The first-order valence-corrected chi connectivity index (χ1v) is 10.4. The summed E-state index contributed by atoms with van der Waals surface area (Å²) < 4.78 is 0. The average Bonchev–Trinajstić information content (AvgIpc) is 2.89. The zero-order chi connectivity index (χ0) is 17.4. The molecule has 2 unspecified atom stereocenters. The minimum absolute atomic E-state index is 0. The largest absolute Gasteiger partial charge is 0.327 e. The monoisotopic (exact) mass is 480 g/mol. The van der Waals surface area contributed by atoms with Gasteiger partial charge in [0.05, 0.1) is 0 Å². The number of nitrogens with two attached hydrogens (primary N) is 2. The Bertz CT molecular complexity index is 361. The van der Waals surface area contributed by atoms with E-state index in [0.29, 0.717) is 24.2 Å². The van der Waals surface area contributed by atoms with Gasteiger partial charge in [-0.2, -0.15) is 0 Å². The van der Waals surface area contributed by atoms with Crippen molar-refractivity contribution in [3.8, 4) is 0 Å². The summed E-state index contributed by atoms with van der Waals surface area (Å²) in [5.41, 5.74) is 12.2. The topological polar surface area (TPSA) is 58.5 Å². The predicted molar refractivity (Wildman–Crippen MR) is 131 cm³/mol. The van der Waals surface area contributed by atoms with Crippen LogP contribution in [-0.2, 0) is 0 Å². The van der Waals surface area contributed by atoms with Crippen molar-refractivity contribution in [1.29, 1.82) is 0 Å². The molecule has 0 radical (unpaired) electrons. The number of rotatable bonds is 2. The lowest BCUT2D eigenvalue weighted by Crippen LogP contribution is -2.50. The minimum Gasteiger partial charge on any atom is -0.327 e. The number of piperidine rings is 2. The molecule has 2 saturated heterocycles. The molecule has 8 heteroatoms. The molecule has 4 rings (SSSR count). The van der Waals surface area contributed by atoms with E-state index in [1.807, 2.05) is 0 Å². The zero-order valence-electron chi connectivity index (χ0n) is 18.0. The Hall–Kier alpha value is 1.00. The molecule has 4 aliphatic rings. The van der Waals surface area contributed by atoms with E-state index in [1.165, 1.54) is 51.9 Å². The van der Waals surface area contributed by atoms with E-state index in [9.17, 15) is 0 Å². The summed E-state index contributed by atoms with van der Waals surface area (Å²) in [5, 5.41) is 0. The number of fused-ring (bicyclic) bond motifs is 4. The van der Waals surface area contributed by atoms with Gasteiger partial charge in [0.2, 0.25) is 0 Å². The maximum absolute atomic E-state index is 6.12. The number of likely N-dealkylation sites (tertiary alicyclic amines) is 2. The van der Waals surface area contributed by atoms with Crippen LogP contribution in [0.5, 0.6) is 0 Å². The first kappa shape index (κ1) is 31.2. The van der Waals surface area contributed by atoms with Gasteiger partial charge >= 0.3 is 0 Å². The lowest BCUT2D eigenvalue weighted by molar-refractivity contribution is 0.117. The van der Waals surface area contributed by atoms with E-state index in [1.54, 1.807) is 0 Å². The molecule has 2 aliphatic heterocycles. The Morgan fingerprint density at radius 1 is 0.536 bits per heavy atom. The van der Waals surface area contributed by atoms with Gasteiger partial charge in [-0.3, -0.25) is 0 Å². The van der Waals surface area contributed by atoms with E-state index < -0.39 is 0 Å². The second kappa shape index (κ2) is 13.4. The van der Waals surface area contributed by atoms with Crippen LogP contribution in [0.3, 0.4) is 0 Å². The molecular formula is C20H44Cl4N4. The third-order valence-corrected chi connectivity index (χ3v) is 7.33. The van der Waals surface area contributed by atoms with Crippen LogP contribution in [-0.4, -0.2) is 60.1 Å². The van der Waals surface area contributed by atoms with Crippen molar-refractivity contribution >= 4 is 49.6 Å². The van der Waals surface area contributed by atoms with Gasteiger partial charge in [-0.1, -0.05) is 0 Å². The highest BCUT2D eigenvalue weighted by Crippen LogP contribution is 2.36. The molecule has 28 heavy (non-hydrogen) atoms. The molecule has 0 aromatic heterocycles. The summed E-state index contributed by atoms with van der Waals surface area (Å²) in [6.45, 7) is 14.1. The fraction of sp³-hybridized carbons (Fsp3) is 1.00. The zero-order valence-corrected chi connectivity index (χ0v) is 21.2. The van der Waals surface area contributed by atoms with E-state index in [0.717, 1.165) is 23.7 Å². The summed E-state index contributed by atoms with van der Waals surface area (Å²) in [7, 11) is 0.